The van der Waals surface area contributed by atoms with Crippen LogP contribution in [0.25, 0.3) is 12.2 Å². The molecule has 0 amide bonds. The van der Waals surface area contributed by atoms with Crippen molar-refractivity contribution in [2.24, 2.45) is 0 Å². The minimum Gasteiger partial charge on any atom is -0.496 e. The smallest absolute Gasteiger partial charge is 0.272 e. The maximum absolute atomic E-state index is 12.5. The van der Waals surface area contributed by atoms with Crippen molar-refractivity contribution in [3.05, 3.63) is 78.4 Å². The normalized spacial score (nSPS) is 13.1. The Morgan fingerprint density at radius 3 is 2.34 bits per heavy atom. The van der Waals surface area contributed by atoms with Crippen LogP contribution in [0.15, 0.2) is 34.1 Å². The third-order valence-corrected chi connectivity index (χ3v) is 4.47. The van der Waals surface area contributed by atoms with Crippen molar-refractivity contribution in [2.75, 3.05) is 7.11 Å². The first-order valence-electron chi connectivity index (χ1n) is 9.10. The van der Waals surface area contributed by atoms with Crippen molar-refractivity contribution >= 4 is 12.2 Å². The van der Waals surface area contributed by atoms with Crippen LogP contribution >= 0.6 is 0 Å². The number of benzene rings is 1. The Labute approximate surface area is 166 Å². The summed E-state index contributed by atoms with van der Waals surface area (Å²) in [5, 5.41) is 9.68. The lowest BCUT2D eigenvalue weighted by Crippen LogP contribution is -2.46. The molecule has 0 saturated heterocycles. The summed E-state index contributed by atoms with van der Waals surface area (Å²) in [6.07, 6.45) is 4.65. The lowest BCUT2D eigenvalue weighted by atomic mass is 9.90. The lowest BCUT2D eigenvalue weighted by molar-refractivity contribution is 0.274. The molecule has 0 radical (unpaired) electrons. The van der Waals surface area contributed by atoms with E-state index in [2.05, 4.69) is 19.9 Å². The zero-order chi connectivity index (χ0) is 21.2. The van der Waals surface area contributed by atoms with Crippen LogP contribution in [0.3, 0.4) is 0 Å². The molecule has 0 bridgehead atoms. The zero-order valence-electron chi connectivity index (χ0n) is 16.8. The van der Waals surface area contributed by atoms with E-state index in [1.165, 1.54) is 13.2 Å². The van der Waals surface area contributed by atoms with Crippen LogP contribution in [0.4, 0.5) is 0 Å². The average Bonchev–Trinajstić information content (AvgIpc) is 3.14. The van der Waals surface area contributed by atoms with Crippen LogP contribution < -0.4 is 26.6 Å². The Morgan fingerprint density at radius 2 is 1.76 bits per heavy atom. The minimum absolute atomic E-state index is 0.110. The minimum atomic E-state index is -0.440. The third kappa shape index (κ3) is 4.38. The van der Waals surface area contributed by atoms with E-state index in [0.717, 1.165) is 5.69 Å². The molecule has 0 fully saturated rings. The first-order valence-corrected chi connectivity index (χ1v) is 9.10. The number of hydrogen-bond donors (Lipinski definition) is 4. The molecule has 8 nitrogen and oxygen atoms in total. The SMILES string of the molecule is COc1ccc(C=c2[nH]c(=O)c(=Cc3nc[nH]c3C(C)(C)C)[nH]c2=O)cc1CO. The molecule has 0 unspecified atom stereocenters. The van der Waals surface area contributed by atoms with Gasteiger partial charge in [-0.3, -0.25) is 9.59 Å². The molecule has 3 rings (SSSR count). The van der Waals surface area contributed by atoms with Gasteiger partial charge in [-0.15, -0.1) is 0 Å². The summed E-state index contributed by atoms with van der Waals surface area (Å²) in [6.45, 7) is 5.88. The van der Waals surface area contributed by atoms with Crippen molar-refractivity contribution in [2.45, 2.75) is 32.8 Å². The summed E-state index contributed by atoms with van der Waals surface area (Å²) < 4.78 is 5.17. The number of nitrogens with zero attached hydrogens (tertiary/aromatic N) is 1. The summed E-state index contributed by atoms with van der Waals surface area (Å²) in [4.78, 5) is 37.6. The van der Waals surface area contributed by atoms with Gasteiger partial charge in [0.25, 0.3) is 11.1 Å². The molecule has 8 heteroatoms. The second-order valence-corrected chi connectivity index (χ2v) is 7.67. The van der Waals surface area contributed by atoms with E-state index in [-0.39, 0.29) is 22.7 Å². The number of imidazole rings is 1. The Balaban J connectivity index is 2.10. The predicted molar refractivity (Wildman–Crippen MR) is 110 cm³/mol. The number of ether oxygens (including phenoxy) is 1. The first kappa shape index (κ1) is 20.3. The predicted octanol–water partition coefficient (Wildman–Crippen LogP) is 0.242. The van der Waals surface area contributed by atoms with Crippen molar-refractivity contribution in [1.29, 1.82) is 0 Å². The number of methoxy groups -OCH3 is 1. The van der Waals surface area contributed by atoms with Gasteiger partial charge in [0, 0.05) is 16.7 Å². The molecule has 152 valence electrons. The fraction of sp³-hybridized carbons (Fsp3) is 0.286. The van der Waals surface area contributed by atoms with Gasteiger partial charge in [-0.25, -0.2) is 4.98 Å². The van der Waals surface area contributed by atoms with Crippen LogP contribution in [0.5, 0.6) is 5.75 Å². The molecule has 0 saturated carbocycles. The van der Waals surface area contributed by atoms with E-state index in [4.69, 9.17) is 4.74 Å². The van der Waals surface area contributed by atoms with Gasteiger partial charge in [0.15, 0.2) is 0 Å². The van der Waals surface area contributed by atoms with Crippen LogP contribution in [0.2, 0.25) is 0 Å². The molecule has 0 aliphatic heterocycles. The molecule has 3 aromatic rings. The number of aromatic amines is 3. The van der Waals surface area contributed by atoms with Gasteiger partial charge in [0.1, 0.15) is 16.4 Å². The van der Waals surface area contributed by atoms with Crippen molar-refractivity contribution in [3.63, 3.8) is 0 Å². The van der Waals surface area contributed by atoms with Crippen molar-refractivity contribution in [1.82, 2.24) is 19.9 Å². The van der Waals surface area contributed by atoms with Crippen LogP contribution in [-0.2, 0) is 12.0 Å². The Hall–Kier alpha value is -3.39. The number of nitrogens with one attached hydrogen (secondary N) is 3. The molecule has 2 heterocycles. The van der Waals surface area contributed by atoms with Gasteiger partial charge < -0.3 is 24.8 Å². The highest BCUT2D eigenvalue weighted by molar-refractivity contribution is 5.53. The van der Waals surface area contributed by atoms with Crippen molar-refractivity contribution < 1.29 is 9.84 Å². The number of aromatic nitrogens is 4. The molecule has 29 heavy (non-hydrogen) atoms. The van der Waals surface area contributed by atoms with Crippen molar-refractivity contribution in [3.8, 4) is 5.75 Å². The molecule has 0 spiro atoms. The van der Waals surface area contributed by atoms with Crippen LogP contribution in [0.1, 0.15) is 43.3 Å². The number of H-pyrrole nitrogens is 3. The maximum atomic E-state index is 12.5. The summed E-state index contributed by atoms with van der Waals surface area (Å²) >= 11 is 0. The second kappa shape index (κ2) is 7.92. The van der Waals surface area contributed by atoms with Gasteiger partial charge in [-0.2, -0.15) is 0 Å². The average molecular weight is 396 g/mol. The van der Waals surface area contributed by atoms with E-state index >= 15 is 0 Å². The largest absolute Gasteiger partial charge is 0.496 e. The topological polar surface area (TPSA) is 124 Å². The van der Waals surface area contributed by atoms with E-state index in [0.29, 0.717) is 22.6 Å². The quantitative estimate of drug-likeness (QED) is 0.503. The molecule has 0 aliphatic carbocycles. The molecular formula is C21H24N4O4. The molecule has 0 aliphatic rings. The van der Waals surface area contributed by atoms with Crippen LogP contribution in [0, 0.1) is 0 Å². The summed E-state index contributed by atoms with van der Waals surface area (Å²) in [5.41, 5.74) is 1.62. The Bertz CT molecular complexity index is 1260. The van der Waals surface area contributed by atoms with Gasteiger partial charge in [-0.1, -0.05) is 26.8 Å². The number of aliphatic hydroxyl groups is 1. The van der Waals surface area contributed by atoms with E-state index < -0.39 is 11.1 Å². The van der Waals surface area contributed by atoms with Gasteiger partial charge in [0.2, 0.25) is 0 Å². The number of rotatable bonds is 4. The molecule has 0 atom stereocenters. The van der Waals surface area contributed by atoms with E-state index in [9.17, 15) is 14.7 Å². The van der Waals surface area contributed by atoms with Gasteiger partial charge in [0.05, 0.1) is 25.7 Å². The second-order valence-electron chi connectivity index (χ2n) is 7.67. The van der Waals surface area contributed by atoms with E-state index in [1.54, 1.807) is 30.6 Å². The van der Waals surface area contributed by atoms with Gasteiger partial charge >= 0.3 is 0 Å². The highest BCUT2D eigenvalue weighted by atomic mass is 16.5. The fourth-order valence-electron chi connectivity index (χ4n) is 3.03. The summed E-state index contributed by atoms with van der Waals surface area (Å²) in [5.74, 6) is 0.547. The fourth-order valence-corrected chi connectivity index (χ4v) is 3.03. The third-order valence-electron chi connectivity index (χ3n) is 4.47. The standard InChI is InChI=1S/C21H24N4O4/c1-21(2,3)18-14(22-11-23-18)9-16-20(28)24-15(19(27)25-16)8-12-5-6-17(29-4)13(7-12)10-26/h5-9,11,26H,10H2,1-4H3,(H,22,23)(H,24,28)(H,25,27). The van der Waals surface area contributed by atoms with Crippen LogP contribution in [-0.4, -0.2) is 32.2 Å². The highest BCUT2D eigenvalue weighted by Gasteiger charge is 2.19. The number of hydrogen-bond acceptors (Lipinski definition) is 5. The molecule has 4 N–H and O–H groups in total. The lowest BCUT2D eigenvalue weighted by Gasteiger charge is -2.16. The first-order chi connectivity index (χ1) is 13.7. The maximum Gasteiger partial charge on any atom is 0.272 e. The summed E-state index contributed by atoms with van der Waals surface area (Å²) in [7, 11) is 1.51. The molecular weight excluding hydrogens is 372 g/mol. The van der Waals surface area contributed by atoms with Gasteiger partial charge in [-0.05, 0) is 29.8 Å². The highest BCUT2D eigenvalue weighted by Crippen LogP contribution is 2.23. The zero-order valence-corrected chi connectivity index (χ0v) is 16.8. The number of aliphatic hydroxyl groups excluding tert-OH is 1. The monoisotopic (exact) mass is 396 g/mol. The Kier molecular flexibility index (Phi) is 5.56. The summed E-state index contributed by atoms with van der Waals surface area (Å²) in [6, 6.07) is 5.11. The van der Waals surface area contributed by atoms with E-state index in [1.807, 2.05) is 20.8 Å². The molecule has 2 aromatic heterocycles. The molecule has 1 aromatic carbocycles. The Morgan fingerprint density at radius 1 is 1.10 bits per heavy atom.